The van der Waals surface area contributed by atoms with E-state index in [1.165, 1.54) is 0 Å². The molecule has 1 aliphatic rings. The number of pyridine rings is 1. The lowest BCUT2D eigenvalue weighted by Crippen LogP contribution is -2.32. The fourth-order valence-corrected chi connectivity index (χ4v) is 3.73. The maximum Gasteiger partial charge on any atom is 0.227 e. The lowest BCUT2D eigenvalue weighted by Gasteiger charge is -2.26. The van der Waals surface area contributed by atoms with Crippen LogP contribution in [0.1, 0.15) is 30.1 Å². The standard InChI is InChI=1S/C20H21N3O2/c1-25-18-9-3-2-6-15(18)14-20(24)23-12-5-8-17(23)16-7-4-10-19-21-11-13-22(16)19/h2-4,6-7,9-11,13,17H,5,8,12,14H2,1H3/t17-/m1/s1. The minimum atomic E-state index is 0.0973. The number of para-hydroxylation sites is 1. The van der Waals surface area contributed by atoms with Gasteiger partial charge in [0.25, 0.3) is 0 Å². The van der Waals surface area contributed by atoms with E-state index in [1.807, 2.05) is 47.5 Å². The van der Waals surface area contributed by atoms with Crippen molar-refractivity contribution in [3.8, 4) is 5.75 Å². The number of carbonyl (C=O) groups is 1. The molecule has 4 rings (SSSR count). The SMILES string of the molecule is COc1ccccc1CC(=O)N1CCC[C@@H]1c1cccc2nccn12. The van der Waals surface area contributed by atoms with Crippen molar-refractivity contribution < 1.29 is 9.53 Å². The quantitative estimate of drug-likeness (QED) is 0.735. The molecule has 3 aromatic rings. The van der Waals surface area contributed by atoms with Gasteiger partial charge in [-0.25, -0.2) is 4.98 Å². The van der Waals surface area contributed by atoms with Gasteiger partial charge in [0.05, 0.1) is 19.6 Å². The van der Waals surface area contributed by atoms with Crippen LogP contribution in [0.5, 0.6) is 5.75 Å². The third-order valence-electron chi connectivity index (χ3n) is 4.91. The number of hydrogen-bond donors (Lipinski definition) is 0. The number of methoxy groups -OCH3 is 1. The number of amides is 1. The second-order valence-electron chi connectivity index (χ2n) is 6.34. The Bertz CT molecular complexity index is 903. The first-order chi connectivity index (χ1) is 12.3. The molecule has 1 atom stereocenters. The van der Waals surface area contributed by atoms with Gasteiger partial charge < -0.3 is 14.0 Å². The number of hydrogen-bond acceptors (Lipinski definition) is 3. The minimum absolute atomic E-state index is 0.0973. The van der Waals surface area contributed by atoms with Gasteiger partial charge in [-0.1, -0.05) is 24.3 Å². The van der Waals surface area contributed by atoms with Crippen molar-refractivity contribution >= 4 is 11.6 Å². The van der Waals surface area contributed by atoms with Gasteiger partial charge in [0.15, 0.2) is 0 Å². The Labute approximate surface area is 146 Å². The molecular weight excluding hydrogens is 314 g/mol. The highest BCUT2D eigenvalue weighted by Gasteiger charge is 2.31. The summed E-state index contributed by atoms with van der Waals surface area (Å²) in [5, 5.41) is 0. The van der Waals surface area contributed by atoms with Crippen molar-refractivity contribution in [2.45, 2.75) is 25.3 Å². The number of fused-ring (bicyclic) bond motifs is 1. The Morgan fingerprint density at radius 3 is 3.00 bits per heavy atom. The summed E-state index contributed by atoms with van der Waals surface area (Å²) in [6.45, 7) is 0.795. The molecule has 25 heavy (non-hydrogen) atoms. The zero-order chi connectivity index (χ0) is 17.2. The molecule has 0 aliphatic carbocycles. The first-order valence-corrected chi connectivity index (χ1v) is 8.61. The van der Waals surface area contributed by atoms with Gasteiger partial charge in [0.2, 0.25) is 5.91 Å². The lowest BCUT2D eigenvalue weighted by molar-refractivity contribution is -0.131. The van der Waals surface area contributed by atoms with Gasteiger partial charge in [-0.2, -0.15) is 0 Å². The van der Waals surface area contributed by atoms with Crippen molar-refractivity contribution in [1.29, 1.82) is 0 Å². The van der Waals surface area contributed by atoms with Gasteiger partial charge in [-0.15, -0.1) is 0 Å². The summed E-state index contributed by atoms with van der Waals surface area (Å²) < 4.78 is 7.47. The van der Waals surface area contributed by atoms with Gasteiger partial charge in [0.1, 0.15) is 11.4 Å². The summed E-state index contributed by atoms with van der Waals surface area (Å²) in [4.78, 5) is 19.3. The number of likely N-dealkylation sites (tertiary alicyclic amines) is 1. The van der Waals surface area contributed by atoms with Crippen molar-refractivity contribution in [3.63, 3.8) is 0 Å². The molecule has 0 N–H and O–H groups in total. The van der Waals surface area contributed by atoms with Crippen LogP contribution in [-0.4, -0.2) is 33.8 Å². The number of benzene rings is 1. The number of ether oxygens (including phenoxy) is 1. The van der Waals surface area contributed by atoms with E-state index in [4.69, 9.17) is 4.74 Å². The molecule has 1 saturated heterocycles. The van der Waals surface area contributed by atoms with Gasteiger partial charge >= 0.3 is 0 Å². The molecular formula is C20H21N3O2. The fraction of sp³-hybridized carbons (Fsp3) is 0.300. The molecule has 2 aromatic heterocycles. The Balaban J connectivity index is 1.61. The zero-order valence-electron chi connectivity index (χ0n) is 14.3. The van der Waals surface area contributed by atoms with E-state index in [0.717, 1.165) is 42.0 Å². The third-order valence-corrected chi connectivity index (χ3v) is 4.91. The van der Waals surface area contributed by atoms with Crippen molar-refractivity contribution in [2.24, 2.45) is 0 Å². The molecule has 0 bridgehead atoms. The van der Waals surface area contributed by atoms with Crippen molar-refractivity contribution in [3.05, 3.63) is 66.1 Å². The fourth-order valence-electron chi connectivity index (χ4n) is 3.73. The summed E-state index contributed by atoms with van der Waals surface area (Å²) in [5.74, 6) is 0.910. The van der Waals surface area contributed by atoms with Crippen molar-refractivity contribution in [1.82, 2.24) is 14.3 Å². The zero-order valence-corrected chi connectivity index (χ0v) is 14.3. The molecule has 1 aliphatic heterocycles. The van der Waals surface area contributed by atoms with Gasteiger partial charge in [-0.05, 0) is 31.0 Å². The summed E-state index contributed by atoms with van der Waals surface area (Å²) >= 11 is 0. The van der Waals surface area contributed by atoms with Crippen LogP contribution in [0.15, 0.2) is 54.9 Å². The van der Waals surface area contributed by atoms with E-state index in [2.05, 4.69) is 15.5 Å². The molecule has 1 fully saturated rings. The highest BCUT2D eigenvalue weighted by Crippen LogP contribution is 2.33. The number of carbonyl (C=O) groups excluding carboxylic acids is 1. The number of imidazole rings is 1. The van der Waals surface area contributed by atoms with Crippen LogP contribution in [0.3, 0.4) is 0 Å². The highest BCUT2D eigenvalue weighted by atomic mass is 16.5. The van der Waals surface area contributed by atoms with Crippen LogP contribution in [0.25, 0.3) is 5.65 Å². The smallest absolute Gasteiger partial charge is 0.227 e. The maximum atomic E-state index is 13.0. The molecule has 128 valence electrons. The second-order valence-corrected chi connectivity index (χ2v) is 6.34. The van der Waals surface area contributed by atoms with E-state index in [9.17, 15) is 4.79 Å². The highest BCUT2D eigenvalue weighted by molar-refractivity contribution is 5.80. The van der Waals surface area contributed by atoms with Crippen LogP contribution < -0.4 is 4.74 Å². The summed E-state index contributed by atoms with van der Waals surface area (Å²) in [6.07, 6.45) is 6.13. The summed E-state index contributed by atoms with van der Waals surface area (Å²) in [7, 11) is 1.64. The molecule has 5 nitrogen and oxygen atoms in total. The Hall–Kier alpha value is -2.82. The monoisotopic (exact) mass is 335 g/mol. The molecule has 0 radical (unpaired) electrons. The van der Waals surface area contributed by atoms with Crippen LogP contribution in [0, 0.1) is 0 Å². The molecule has 0 saturated carbocycles. The van der Waals surface area contributed by atoms with Crippen LogP contribution in [-0.2, 0) is 11.2 Å². The average Bonchev–Trinajstić information content (AvgIpc) is 3.31. The number of nitrogens with zero attached hydrogens (tertiary/aromatic N) is 3. The largest absolute Gasteiger partial charge is 0.496 e. The summed E-state index contributed by atoms with van der Waals surface area (Å²) in [6, 6.07) is 13.9. The van der Waals surface area contributed by atoms with Crippen molar-refractivity contribution in [2.75, 3.05) is 13.7 Å². The minimum Gasteiger partial charge on any atom is -0.496 e. The lowest BCUT2D eigenvalue weighted by atomic mass is 10.1. The number of rotatable bonds is 4. The molecule has 3 heterocycles. The molecule has 0 spiro atoms. The van der Waals surface area contributed by atoms with Crippen LogP contribution in [0.4, 0.5) is 0 Å². The Kier molecular flexibility index (Phi) is 4.14. The molecule has 0 unspecified atom stereocenters. The molecule has 5 heteroatoms. The van der Waals surface area contributed by atoms with E-state index in [-0.39, 0.29) is 11.9 Å². The first-order valence-electron chi connectivity index (χ1n) is 8.61. The van der Waals surface area contributed by atoms with Crippen LogP contribution >= 0.6 is 0 Å². The van der Waals surface area contributed by atoms with Gasteiger partial charge in [-0.3, -0.25) is 4.79 Å². The maximum absolute atomic E-state index is 13.0. The normalized spacial score (nSPS) is 17.2. The van der Waals surface area contributed by atoms with Crippen LogP contribution in [0.2, 0.25) is 0 Å². The predicted octanol–water partition coefficient (Wildman–Crippen LogP) is 3.25. The van der Waals surface area contributed by atoms with E-state index in [0.29, 0.717) is 6.42 Å². The topological polar surface area (TPSA) is 46.8 Å². The second kappa shape index (κ2) is 6.59. The molecule has 1 amide bonds. The first kappa shape index (κ1) is 15.7. The average molecular weight is 335 g/mol. The number of aromatic nitrogens is 2. The third kappa shape index (κ3) is 2.86. The summed E-state index contributed by atoms with van der Waals surface area (Å²) in [5.41, 5.74) is 2.98. The molecule has 1 aromatic carbocycles. The van der Waals surface area contributed by atoms with Gasteiger partial charge in [0, 0.05) is 30.2 Å². The predicted molar refractivity (Wildman–Crippen MR) is 95.6 cm³/mol. The van der Waals surface area contributed by atoms with E-state index >= 15 is 0 Å². The van der Waals surface area contributed by atoms with E-state index in [1.54, 1.807) is 13.3 Å². The Morgan fingerprint density at radius 2 is 2.12 bits per heavy atom. The van der Waals surface area contributed by atoms with E-state index < -0.39 is 0 Å². The Morgan fingerprint density at radius 1 is 1.24 bits per heavy atom.